The molecule has 3 heterocycles. The van der Waals surface area contributed by atoms with Gasteiger partial charge in [-0.2, -0.15) is 23.1 Å². The van der Waals surface area contributed by atoms with Crippen molar-refractivity contribution in [2.45, 2.75) is 12.7 Å². The highest BCUT2D eigenvalue weighted by atomic mass is 19.4. The Morgan fingerprint density at radius 2 is 1.67 bits per heavy atom. The molecule has 39 heavy (non-hydrogen) atoms. The Labute approximate surface area is 224 Å². The van der Waals surface area contributed by atoms with E-state index < -0.39 is 11.7 Å². The molecule has 2 aromatic carbocycles. The van der Waals surface area contributed by atoms with Crippen LogP contribution < -0.4 is 10.1 Å². The molecule has 11 heteroatoms. The molecule has 0 atom stereocenters. The van der Waals surface area contributed by atoms with E-state index in [4.69, 9.17) is 9.47 Å². The maximum absolute atomic E-state index is 13.0. The SMILES string of the molecule is COCCOc1nc(Nc2ccc(CN3CCN(C)CC3)cc2)nc2[nH]cc(-c3ccc(C(F)(F)F)cc3)c12. The second kappa shape index (κ2) is 11.6. The van der Waals surface area contributed by atoms with Gasteiger partial charge in [0.15, 0.2) is 0 Å². The number of nitrogens with zero attached hydrogens (tertiary/aromatic N) is 4. The molecule has 8 nitrogen and oxygen atoms in total. The lowest BCUT2D eigenvalue weighted by Gasteiger charge is -2.32. The fourth-order valence-electron chi connectivity index (χ4n) is 4.54. The van der Waals surface area contributed by atoms with Crippen molar-refractivity contribution in [2.24, 2.45) is 0 Å². The number of H-pyrrole nitrogens is 1. The highest BCUT2D eigenvalue weighted by Gasteiger charge is 2.30. The van der Waals surface area contributed by atoms with E-state index in [9.17, 15) is 13.2 Å². The van der Waals surface area contributed by atoms with Crippen LogP contribution in [0.15, 0.2) is 54.7 Å². The fraction of sp³-hybridized carbons (Fsp3) is 0.357. The first-order valence-electron chi connectivity index (χ1n) is 12.8. The number of ether oxygens (including phenoxy) is 2. The third-order valence-electron chi connectivity index (χ3n) is 6.76. The zero-order chi connectivity index (χ0) is 27.4. The zero-order valence-corrected chi connectivity index (χ0v) is 21.9. The van der Waals surface area contributed by atoms with E-state index in [2.05, 4.69) is 49.2 Å². The summed E-state index contributed by atoms with van der Waals surface area (Å²) in [6, 6.07) is 13.1. The second-order valence-electron chi connectivity index (χ2n) is 9.60. The largest absolute Gasteiger partial charge is 0.475 e. The smallest absolute Gasteiger partial charge is 0.416 e. The Balaban J connectivity index is 1.38. The zero-order valence-electron chi connectivity index (χ0n) is 21.9. The third kappa shape index (κ3) is 6.49. The number of aromatic nitrogens is 3. The van der Waals surface area contributed by atoms with Crippen molar-refractivity contribution in [1.82, 2.24) is 24.8 Å². The van der Waals surface area contributed by atoms with Gasteiger partial charge in [0.05, 0.1) is 17.6 Å². The fourth-order valence-corrected chi connectivity index (χ4v) is 4.54. The Kier molecular flexibility index (Phi) is 8.01. The molecule has 1 aliphatic rings. The molecule has 2 N–H and O–H groups in total. The van der Waals surface area contributed by atoms with E-state index in [1.807, 2.05) is 12.1 Å². The van der Waals surface area contributed by atoms with Crippen LogP contribution in [-0.4, -0.2) is 78.3 Å². The molecule has 1 saturated heterocycles. The van der Waals surface area contributed by atoms with Crippen molar-refractivity contribution < 1.29 is 22.6 Å². The molecule has 0 saturated carbocycles. The van der Waals surface area contributed by atoms with Gasteiger partial charge >= 0.3 is 6.18 Å². The number of piperazine rings is 1. The van der Waals surface area contributed by atoms with E-state index >= 15 is 0 Å². The molecule has 0 spiro atoms. The van der Waals surface area contributed by atoms with Gasteiger partial charge in [-0.3, -0.25) is 4.90 Å². The van der Waals surface area contributed by atoms with Crippen LogP contribution in [0.4, 0.5) is 24.8 Å². The summed E-state index contributed by atoms with van der Waals surface area (Å²) in [6.45, 7) is 5.77. The Bertz CT molecular complexity index is 1380. The van der Waals surface area contributed by atoms with Crippen LogP contribution in [0.3, 0.4) is 0 Å². The molecule has 0 radical (unpaired) electrons. The van der Waals surface area contributed by atoms with Crippen molar-refractivity contribution >= 4 is 22.7 Å². The number of nitrogens with one attached hydrogen (secondary N) is 2. The molecule has 5 rings (SSSR count). The average Bonchev–Trinajstić information content (AvgIpc) is 3.35. The lowest BCUT2D eigenvalue weighted by atomic mass is 10.0. The summed E-state index contributed by atoms with van der Waals surface area (Å²) in [6.07, 6.45) is -2.71. The van der Waals surface area contributed by atoms with Gasteiger partial charge in [-0.15, -0.1) is 0 Å². The van der Waals surface area contributed by atoms with Gasteiger partial charge in [0.25, 0.3) is 0 Å². The predicted octanol–water partition coefficient (Wildman–Crippen LogP) is 5.16. The van der Waals surface area contributed by atoms with Crippen molar-refractivity contribution in [3.63, 3.8) is 0 Å². The van der Waals surface area contributed by atoms with Crippen LogP contribution in [-0.2, 0) is 17.5 Å². The lowest BCUT2D eigenvalue weighted by molar-refractivity contribution is -0.137. The van der Waals surface area contributed by atoms with Crippen molar-refractivity contribution in [1.29, 1.82) is 0 Å². The van der Waals surface area contributed by atoms with Crippen LogP contribution in [0.1, 0.15) is 11.1 Å². The topological polar surface area (TPSA) is 78.5 Å². The molecule has 0 unspecified atom stereocenters. The van der Waals surface area contributed by atoms with E-state index in [-0.39, 0.29) is 6.61 Å². The molecule has 4 aromatic rings. The maximum atomic E-state index is 13.0. The molecule has 0 bridgehead atoms. The van der Waals surface area contributed by atoms with E-state index in [1.54, 1.807) is 13.3 Å². The van der Waals surface area contributed by atoms with Crippen molar-refractivity contribution in [3.8, 4) is 17.0 Å². The molecule has 206 valence electrons. The van der Waals surface area contributed by atoms with Crippen LogP contribution in [0.2, 0.25) is 0 Å². The minimum atomic E-state index is -4.40. The third-order valence-corrected chi connectivity index (χ3v) is 6.76. The second-order valence-corrected chi connectivity index (χ2v) is 9.60. The Morgan fingerprint density at radius 3 is 2.33 bits per heavy atom. The quantitative estimate of drug-likeness (QED) is 0.284. The summed E-state index contributed by atoms with van der Waals surface area (Å²) in [5, 5.41) is 3.82. The van der Waals surface area contributed by atoms with Crippen LogP contribution >= 0.6 is 0 Å². The van der Waals surface area contributed by atoms with E-state index in [0.29, 0.717) is 40.6 Å². The molecule has 1 fully saturated rings. The summed E-state index contributed by atoms with van der Waals surface area (Å²) >= 11 is 0. The summed E-state index contributed by atoms with van der Waals surface area (Å²) in [4.78, 5) is 17.1. The number of aromatic amines is 1. The minimum Gasteiger partial charge on any atom is -0.475 e. The van der Waals surface area contributed by atoms with Gasteiger partial charge in [0, 0.05) is 57.3 Å². The molecular weight excluding hydrogens is 509 g/mol. The maximum Gasteiger partial charge on any atom is 0.416 e. The van der Waals surface area contributed by atoms with Gasteiger partial charge in [0.1, 0.15) is 12.3 Å². The Hall–Kier alpha value is -3.67. The van der Waals surface area contributed by atoms with E-state index in [0.717, 1.165) is 50.5 Å². The first-order chi connectivity index (χ1) is 18.8. The van der Waals surface area contributed by atoms with Crippen LogP contribution in [0, 0.1) is 0 Å². The normalized spacial score (nSPS) is 15.1. The number of likely N-dealkylation sites (N-methyl/N-ethyl adjacent to an activating group) is 1. The molecule has 2 aromatic heterocycles. The molecular formula is C28H31F3N6O2. The molecule has 0 amide bonds. The summed E-state index contributed by atoms with van der Waals surface area (Å²) in [5.41, 5.74) is 3.09. The molecule has 0 aliphatic carbocycles. The number of fused-ring (bicyclic) bond motifs is 1. The standard InChI is InChI=1S/C28H31F3N6O2/c1-36-11-13-37(14-12-36)18-19-3-9-22(10-4-19)33-27-34-25-24(26(35-27)39-16-15-38-2)23(17-32-25)20-5-7-21(8-6-20)28(29,30)31/h3-10,17H,11-16,18H2,1-2H3,(H2,32,33,34,35). The number of halogens is 3. The summed E-state index contributed by atoms with van der Waals surface area (Å²) in [7, 11) is 3.72. The van der Waals surface area contributed by atoms with Gasteiger partial charge in [-0.1, -0.05) is 24.3 Å². The van der Waals surface area contributed by atoms with Gasteiger partial charge in [0.2, 0.25) is 11.8 Å². The highest BCUT2D eigenvalue weighted by molar-refractivity contribution is 5.97. The first-order valence-corrected chi connectivity index (χ1v) is 12.8. The highest BCUT2D eigenvalue weighted by Crippen LogP contribution is 2.36. The number of rotatable bonds is 9. The number of alkyl halides is 3. The monoisotopic (exact) mass is 540 g/mol. The Morgan fingerprint density at radius 1 is 0.949 bits per heavy atom. The van der Waals surface area contributed by atoms with E-state index in [1.165, 1.54) is 17.7 Å². The van der Waals surface area contributed by atoms with Crippen molar-refractivity contribution in [2.75, 3.05) is 58.9 Å². The predicted molar refractivity (Wildman–Crippen MR) is 144 cm³/mol. The number of hydrogen-bond acceptors (Lipinski definition) is 7. The number of benzene rings is 2. The number of methoxy groups -OCH3 is 1. The minimum absolute atomic E-state index is 0.251. The van der Waals surface area contributed by atoms with Crippen molar-refractivity contribution in [3.05, 3.63) is 65.9 Å². The average molecular weight is 541 g/mol. The molecule has 1 aliphatic heterocycles. The summed E-state index contributed by atoms with van der Waals surface area (Å²) < 4.78 is 50.2. The van der Waals surface area contributed by atoms with Crippen LogP contribution in [0.5, 0.6) is 5.88 Å². The van der Waals surface area contributed by atoms with Crippen LogP contribution in [0.25, 0.3) is 22.2 Å². The number of anilines is 2. The summed E-state index contributed by atoms with van der Waals surface area (Å²) in [5.74, 6) is 0.643. The van der Waals surface area contributed by atoms with Gasteiger partial charge in [-0.25, -0.2) is 0 Å². The van der Waals surface area contributed by atoms with Gasteiger partial charge < -0.3 is 24.7 Å². The lowest BCUT2D eigenvalue weighted by Crippen LogP contribution is -2.43. The van der Waals surface area contributed by atoms with Gasteiger partial charge in [-0.05, 0) is 42.4 Å². The first kappa shape index (κ1) is 26.9. The number of hydrogen-bond donors (Lipinski definition) is 2.